The zero-order valence-corrected chi connectivity index (χ0v) is 13.5. The van der Waals surface area contributed by atoms with Crippen molar-refractivity contribution in [3.63, 3.8) is 0 Å². The molecule has 0 amide bonds. The summed E-state index contributed by atoms with van der Waals surface area (Å²) >= 11 is 0. The number of aromatic nitrogens is 2. The molecule has 0 saturated heterocycles. The molecule has 0 fully saturated rings. The smallest absolute Gasteiger partial charge is 0.251 e. The summed E-state index contributed by atoms with van der Waals surface area (Å²) in [5.41, 5.74) is 1.73. The Morgan fingerprint density at radius 3 is 2.64 bits per heavy atom. The van der Waals surface area contributed by atoms with Gasteiger partial charge in [0, 0.05) is 17.8 Å². The van der Waals surface area contributed by atoms with E-state index in [-0.39, 0.29) is 5.56 Å². The minimum atomic E-state index is -0.247. The Bertz CT molecular complexity index is 972. The van der Waals surface area contributed by atoms with Crippen LogP contribution in [-0.4, -0.2) is 17.1 Å². The molecule has 0 bridgehead atoms. The molecule has 0 radical (unpaired) electrons. The molecule has 0 aliphatic rings. The molecule has 0 spiro atoms. The van der Waals surface area contributed by atoms with Crippen LogP contribution in [0.2, 0.25) is 0 Å². The molecule has 0 aliphatic carbocycles. The zero-order chi connectivity index (χ0) is 17.6. The average Bonchev–Trinajstić information content (AvgIpc) is 2.66. The summed E-state index contributed by atoms with van der Waals surface area (Å²) in [6.45, 7) is 0.332. The van der Waals surface area contributed by atoms with E-state index in [1.165, 1.54) is 12.3 Å². The molecular weight excluding hydrogens is 318 g/mol. The highest BCUT2D eigenvalue weighted by Crippen LogP contribution is 2.25. The van der Waals surface area contributed by atoms with Crippen molar-refractivity contribution in [1.29, 1.82) is 5.26 Å². The molecule has 124 valence electrons. The van der Waals surface area contributed by atoms with Crippen LogP contribution in [0.1, 0.15) is 11.1 Å². The van der Waals surface area contributed by atoms with Crippen LogP contribution >= 0.6 is 0 Å². The van der Waals surface area contributed by atoms with Crippen LogP contribution in [0.4, 0.5) is 0 Å². The van der Waals surface area contributed by atoms with Crippen LogP contribution in [0, 0.1) is 11.3 Å². The number of benzene rings is 2. The molecule has 2 aromatic carbocycles. The van der Waals surface area contributed by atoms with Crippen molar-refractivity contribution in [2.75, 3.05) is 7.11 Å². The maximum atomic E-state index is 11.4. The minimum Gasteiger partial charge on any atom is -0.497 e. The average molecular weight is 333 g/mol. The maximum Gasteiger partial charge on any atom is 0.251 e. The summed E-state index contributed by atoms with van der Waals surface area (Å²) in [5, 5.41) is 9.37. The Balaban J connectivity index is 1.80. The van der Waals surface area contributed by atoms with E-state index in [0.717, 1.165) is 11.3 Å². The Kier molecular flexibility index (Phi) is 4.77. The topological polar surface area (TPSA) is 88.0 Å². The fourth-order valence-corrected chi connectivity index (χ4v) is 2.29. The molecule has 3 rings (SSSR count). The number of nitrogens with zero attached hydrogens (tertiary/aromatic N) is 2. The van der Waals surface area contributed by atoms with Gasteiger partial charge in [0.2, 0.25) is 0 Å². The molecule has 25 heavy (non-hydrogen) atoms. The van der Waals surface area contributed by atoms with Gasteiger partial charge in [-0.1, -0.05) is 12.1 Å². The van der Waals surface area contributed by atoms with Crippen molar-refractivity contribution < 1.29 is 9.47 Å². The van der Waals surface area contributed by atoms with Crippen molar-refractivity contribution in [1.82, 2.24) is 9.97 Å². The fourth-order valence-electron chi connectivity index (χ4n) is 2.29. The lowest BCUT2D eigenvalue weighted by molar-refractivity contribution is 0.305. The van der Waals surface area contributed by atoms with Crippen LogP contribution in [0.25, 0.3) is 11.4 Å². The van der Waals surface area contributed by atoms with Crippen LogP contribution in [0.5, 0.6) is 11.5 Å². The third kappa shape index (κ3) is 3.85. The van der Waals surface area contributed by atoms with Gasteiger partial charge in [-0.2, -0.15) is 5.26 Å². The predicted octanol–water partition coefficient (Wildman–Crippen LogP) is 2.90. The van der Waals surface area contributed by atoms with Gasteiger partial charge in [-0.25, -0.2) is 4.98 Å². The van der Waals surface area contributed by atoms with Crippen molar-refractivity contribution in [2.45, 2.75) is 6.61 Å². The van der Waals surface area contributed by atoms with Gasteiger partial charge in [-0.3, -0.25) is 4.79 Å². The fraction of sp³-hybridized carbons (Fsp3) is 0.105. The number of aromatic amines is 1. The second kappa shape index (κ2) is 7.32. The van der Waals surface area contributed by atoms with Gasteiger partial charge >= 0.3 is 0 Å². The van der Waals surface area contributed by atoms with Gasteiger partial charge in [-0.15, -0.1) is 0 Å². The van der Waals surface area contributed by atoms with E-state index in [2.05, 4.69) is 16.0 Å². The molecule has 1 aromatic heterocycles. The Morgan fingerprint density at radius 2 is 1.96 bits per heavy atom. The third-order valence-corrected chi connectivity index (χ3v) is 3.60. The summed E-state index contributed by atoms with van der Waals surface area (Å²) in [5.74, 6) is 1.65. The lowest BCUT2D eigenvalue weighted by Gasteiger charge is -2.10. The summed E-state index contributed by atoms with van der Waals surface area (Å²) < 4.78 is 10.9. The van der Waals surface area contributed by atoms with Crippen molar-refractivity contribution in [3.8, 4) is 29.0 Å². The van der Waals surface area contributed by atoms with E-state index >= 15 is 0 Å². The second-order valence-electron chi connectivity index (χ2n) is 5.24. The molecule has 6 nitrogen and oxygen atoms in total. The molecule has 6 heteroatoms. The van der Waals surface area contributed by atoms with Gasteiger partial charge in [0.05, 0.1) is 12.7 Å². The Labute approximate surface area is 144 Å². The number of ether oxygens (including phenoxy) is 2. The van der Waals surface area contributed by atoms with E-state index in [9.17, 15) is 10.1 Å². The monoisotopic (exact) mass is 333 g/mol. The van der Waals surface area contributed by atoms with Crippen molar-refractivity contribution >= 4 is 0 Å². The van der Waals surface area contributed by atoms with Crippen LogP contribution in [0.3, 0.4) is 0 Å². The van der Waals surface area contributed by atoms with E-state index in [4.69, 9.17) is 9.47 Å². The SMILES string of the molecule is COc1ccc(COc2ccc(-c3nccc(=O)[nH]3)cc2C#N)cc1. The lowest BCUT2D eigenvalue weighted by Crippen LogP contribution is -2.06. The molecule has 1 N–H and O–H groups in total. The summed E-state index contributed by atoms with van der Waals surface area (Å²) in [4.78, 5) is 18.1. The van der Waals surface area contributed by atoms with Crippen LogP contribution < -0.4 is 15.0 Å². The van der Waals surface area contributed by atoms with Crippen molar-refractivity contribution in [3.05, 3.63) is 76.2 Å². The number of hydrogen-bond acceptors (Lipinski definition) is 5. The number of nitrogens with one attached hydrogen (secondary N) is 1. The molecule has 0 unspecified atom stereocenters. The zero-order valence-electron chi connectivity index (χ0n) is 13.5. The number of rotatable bonds is 5. The number of hydrogen-bond donors (Lipinski definition) is 1. The molecule has 3 aromatic rings. The first-order valence-corrected chi connectivity index (χ1v) is 7.55. The van der Waals surface area contributed by atoms with Gasteiger partial charge in [0.15, 0.2) is 0 Å². The highest BCUT2D eigenvalue weighted by atomic mass is 16.5. The minimum absolute atomic E-state index is 0.247. The first-order valence-electron chi connectivity index (χ1n) is 7.55. The van der Waals surface area contributed by atoms with Crippen molar-refractivity contribution in [2.24, 2.45) is 0 Å². The van der Waals surface area contributed by atoms with Crippen LogP contribution in [-0.2, 0) is 6.61 Å². The number of H-pyrrole nitrogens is 1. The first kappa shape index (κ1) is 16.3. The number of nitriles is 1. The number of methoxy groups -OCH3 is 1. The van der Waals surface area contributed by atoms with E-state index in [1.54, 1.807) is 25.3 Å². The third-order valence-electron chi connectivity index (χ3n) is 3.60. The van der Waals surface area contributed by atoms with Gasteiger partial charge < -0.3 is 14.5 Å². The van der Waals surface area contributed by atoms with Gasteiger partial charge in [0.25, 0.3) is 5.56 Å². The molecule has 0 atom stereocenters. The second-order valence-corrected chi connectivity index (χ2v) is 5.24. The van der Waals surface area contributed by atoms with Crippen LogP contribution in [0.15, 0.2) is 59.5 Å². The first-order chi connectivity index (χ1) is 12.2. The van der Waals surface area contributed by atoms with Gasteiger partial charge in [-0.05, 0) is 35.9 Å². The summed E-state index contributed by atoms with van der Waals surface area (Å²) in [7, 11) is 1.61. The normalized spacial score (nSPS) is 10.1. The van der Waals surface area contributed by atoms with E-state index in [1.807, 2.05) is 24.3 Å². The molecule has 0 aliphatic heterocycles. The molecule has 0 saturated carbocycles. The highest BCUT2D eigenvalue weighted by Gasteiger charge is 2.08. The largest absolute Gasteiger partial charge is 0.497 e. The van der Waals surface area contributed by atoms with E-state index < -0.39 is 0 Å². The Hall–Kier alpha value is -3.59. The lowest BCUT2D eigenvalue weighted by atomic mass is 10.1. The summed E-state index contributed by atoms with van der Waals surface area (Å²) in [6.07, 6.45) is 1.42. The molecule has 1 heterocycles. The quantitative estimate of drug-likeness (QED) is 0.775. The summed E-state index contributed by atoms with van der Waals surface area (Å²) in [6, 6.07) is 16.0. The van der Waals surface area contributed by atoms with Gasteiger partial charge in [0.1, 0.15) is 30.0 Å². The highest BCUT2D eigenvalue weighted by molar-refractivity contribution is 5.61. The maximum absolute atomic E-state index is 11.4. The molecular formula is C19H15N3O3. The standard InChI is InChI=1S/C19H15N3O3/c1-24-16-5-2-13(3-6-16)12-25-17-7-4-14(10-15(17)11-20)19-21-9-8-18(23)22-19/h2-10H,12H2,1H3,(H,21,22,23). The Morgan fingerprint density at radius 1 is 1.16 bits per heavy atom. The van der Waals surface area contributed by atoms with E-state index in [0.29, 0.717) is 29.3 Å². The predicted molar refractivity (Wildman–Crippen MR) is 92.3 cm³/mol.